The number of benzene rings is 4. The summed E-state index contributed by atoms with van der Waals surface area (Å²) in [7, 11) is 0. The fourth-order valence-electron chi connectivity index (χ4n) is 5.79. The molecule has 0 aliphatic carbocycles. The molecule has 0 spiro atoms. The van der Waals surface area contributed by atoms with Crippen LogP contribution >= 0.6 is 0 Å². The van der Waals surface area contributed by atoms with E-state index in [9.17, 15) is 0 Å². The minimum Gasteiger partial charge on any atom is -0.455 e. The molecule has 0 amide bonds. The van der Waals surface area contributed by atoms with Gasteiger partial charge in [0.05, 0.1) is 11.3 Å². The first-order valence-electron chi connectivity index (χ1n) is 13.3. The van der Waals surface area contributed by atoms with Gasteiger partial charge in [-0.2, -0.15) is 0 Å². The van der Waals surface area contributed by atoms with Crippen LogP contribution in [-0.2, 0) is 0 Å². The zero-order chi connectivity index (χ0) is 26.0. The van der Waals surface area contributed by atoms with Gasteiger partial charge in [0.1, 0.15) is 16.7 Å². The summed E-state index contributed by atoms with van der Waals surface area (Å²) in [5.74, 6) is 1.52. The van der Waals surface area contributed by atoms with Crippen molar-refractivity contribution in [3.8, 4) is 17.1 Å². The van der Waals surface area contributed by atoms with Gasteiger partial charge in [0.2, 0.25) is 0 Å². The van der Waals surface area contributed by atoms with E-state index in [4.69, 9.17) is 14.4 Å². The van der Waals surface area contributed by atoms with E-state index >= 15 is 0 Å². The largest absolute Gasteiger partial charge is 0.455 e. The monoisotopic (exact) mass is 495 g/mol. The highest BCUT2D eigenvalue weighted by Gasteiger charge is 2.25. The SMILES string of the molecule is CC(C)c1cccc(C(C)C)c1-n1c(-c2cccc3c2oc2ccccc23)nc2ncc3ccccc3c21. The molecule has 0 unspecified atom stereocenters. The number of rotatable bonds is 4. The van der Waals surface area contributed by atoms with Gasteiger partial charge in [-0.1, -0.05) is 100 Å². The summed E-state index contributed by atoms with van der Waals surface area (Å²) in [4.78, 5) is 10.1. The standard InChI is InChI=1S/C34H29N3O/c1-20(2)23-14-9-15-24(21(3)4)30(23)37-31-25-12-6-5-11-22(25)19-35-33(31)36-34(37)28-17-10-16-27-26-13-7-8-18-29(26)38-32(27)28/h5-21H,1-4H3. The van der Waals surface area contributed by atoms with Crippen molar-refractivity contribution in [2.45, 2.75) is 39.5 Å². The van der Waals surface area contributed by atoms with E-state index in [-0.39, 0.29) is 0 Å². The van der Waals surface area contributed by atoms with Crippen molar-refractivity contribution < 1.29 is 4.42 Å². The van der Waals surface area contributed by atoms with Crippen molar-refractivity contribution in [3.63, 3.8) is 0 Å². The summed E-state index contributed by atoms with van der Waals surface area (Å²) in [6, 6.07) is 29.7. The molecule has 0 aliphatic rings. The highest BCUT2D eigenvalue weighted by molar-refractivity contribution is 6.10. The maximum atomic E-state index is 6.49. The lowest BCUT2D eigenvalue weighted by atomic mass is 9.92. The number of para-hydroxylation sites is 3. The third-order valence-electron chi connectivity index (χ3n) is 7.61. The van der Waals surface area contributed by atoms with Gasteiger partial charge in [0, 0.05) is 27.7 Å². The molecule has 4 heteroatoms. The normalized spacial score (nSPS) is 12.2. The molecule has 0 saturated heterocycles. The maximum Gasteiger partial charge on any atom is 0.179 e. The third kappa shape index (κ3) is 3.30. The van der Waals surface area contributed by atoms with Crippen molar-refractivity contribution in [2.75, 3.05) is 0 Å². The molecule has 4 aromatic carbocycles. The van der Waals surface area contributed by atoms with Crippen LogP contribution in [0.2, 0.25) is 0 Å². The van der Waals surface area contributed by atoms with E-state index in [0.29, 0.717) is 11.8 Å². The van der Waals surface area contributed by atoms with Crippen molar-refractivity contribution in [2.24, 2.45) is 0 Å². The van der Waals surface area contributed by atoms with Crippen molar-refractivity contribution in [1.82, 2.24) is 14.5 Å². The van der Waals surface area contributed by atoms with Crippen molar-refractivity contribution in [3.05, 3.63) is 102 Å². The van der Waals surface area contributed by atoms with Crippen LogP contribution in [0.25, 0.3) is 61.0 Å². The Labute approximate surface area is 221 Å². The second-order valence-electron chi connectivity index (χ2n) is 10.7. The molecular formula is C34H29N3O. The zero-order valence-electron chi connectivity index (χ0n) is 22.1. The molecule has 3 heterocycles. The van der Waals surface area contributed by atoms with Crippen LogP contribution in [0.1, 0.15) is 50.7 Å². The second kappa shape index (κ2) is 8.56. The highest BCUT2D eigenvalue weighted by atomic mass is 16.3. The fourth-order valence-corrected chi connectivity index (χ4v) is 5.79. The van der Waals surface area contributed by atoms with E-state index < -0.39 is 0 Å². The average Bonchev–Trinajstić information content (AvgIpc) is 3.51. The van der Waals surface area contributed by atoms with Crippen molar-refractivity contribution in [1.29, 1.82) is 0 Å². The van der Waals surface area contributed by atoms with Gasteiger partial charge in [-0.15, -0.1) is 0 Å². The molecule has 186 valence electrons. The van der Waals surface area contributed by atoms with E-state index in [1.165, 1.54) is 16.8 Å². The Balaban J connectivity index is 1.70. The Morgan fingerprint density at radius 2 is 1.34 bits per heavy atom. The minimum atomic E-state index is 0.332. The molecule has 4 nitrogen and oxygen atoms in total. The quantitative estimate of drug-likeness (QED) is 0.244. The molecule has 0 fully saturated rings. The second-order valence-corrected chi connectivity index (χ2v) is 10.7. The molecule has 38 heavy (non-hydrogen) atoms. The number of hydrogen-bond donors (Lipinski definition) is 0. The number of hydrogen-bond acceptors (Lipinski definition) is 3. The minimum absolute atomic E-state index is 0.332. The van der Waals surface area contributed by atoms with Gasteiger partial charge in [-0.3, -0.25) is 4.57 Å². The predicted octanol–water partition coefficient (Wildman–Crippen LogP) is 9.39. The first-order valence-corrected chi connectivity index (χ1v) is 13.3. The summed E-state index contributed by atoms with van der Waals surface area (Å²) < 4.78 is 8.85. The Bertz CT molecular complexity index is 1960. The van der Waals surface area contributed by atoms with Crippen LogP contribution in [0, 0.1) is 0 Å². The lowest BCUT2D eigenvalue weighted by Gasteiger charge is -2.23. The molecule has 7 rings (SSSR count). The Kier molecular flexibility index (Phi) is 5.12. The Morgan fingerprint density at radius 3 is 2.11 bits per heavy atom. The topological polar surface area (TPSA) is 43.9 Å². The molecular weight excluding hydrogens is 466 g/mol. The molecule has 3 aromatic heterocycles. The summed E-state index contributed by atoms with van der Waals surface area (Å²) in [6.45, 7) is 9.05. The third-order valence-corrected chi connectivity index (χ3v) is 7.61. The molecule has 0 radical (unpaired) electrons. The Morgan fingerprint density at radius 1 is 0.684 bits per heavy atom. The van der Waals surface area contributed by atoms with Crippen LogP contribution < -0.4 is 0 Å². The van der Waals surface area contributed by atoms with Crippen LogP contribution in [0.5, 0.6) is 0 Å². The lowest BCUT2D eigenvalue weighted by molar-refractivity contribution is 0.669. The molecule has 0 saturated carbocycles. The van der Waals surface area contributed by atoms with Crippen LogP contribution in [0.3, 0.4) is 0 Å². The van der Waals surface area contributed by atoms with Crippen LogP contribution in [-0.4, -0.2) is 14.5 Å². The maximum absolute atomic E-state index is 6.49. The Hall–Kier alpha value is -4.44. The first kappa shape index (κ1) is 22.7. The van der Waals surface area contributed by atoms with Gasteiger partial charge in [0.15, 0.2) is 11.5 Å². The first-order chi connectivity index (χ1) is 18.5. The summed E-state index contributed by atoms with van der Waals surface area (Å²) >= 11 is 0. The number of fused-ring (bicyclic) bond motifs is 6. The van der Waals surface area contributed by atoms with E-state index in [1.807, 2.05) is 18.3 Å². The molecule has 0 bridgehead atoms. The van der Waals surface area contributed by atoms with Gasteiger partial charge in [-0.25, -0.2) is 9.97 Å². The van der Waals surface area contributed by atoms with Gasteiger partial charge < -0.3 is 4.42 Å². The summed E-state index contributed by atoms with van der Waals surface area (Å²) in [5, 5.41) is 4.45. The molecule has 0 aliphatic heterocycles. The van der Waals surface area contributed by atoms with Gasteiger partial charge in [0.25, 0.3) is 0 Å². The zero-order valence-corrected chi connectivity index (χ0v) is 22.1. The summed E-state index contributed by atoms with van der Waals surface area (Å²) in [6.07, 6.45) is 1.93. The molecule has 0 N–H and O–H groups in total. The number of aromatic nitrogens is 3. The lowest BCUT2D eigenvalue weighted by Crippen LogP contribution is -2.09. The number of nitrogens with zero attached hydrogens (tertiary/aromatic N) is 3. The van der Waals surface area contributed by atoms with E-state index in [0.717, 1.165) is 55.3 Å². The van der Waals surface area contributed by atoms with Crippen molar-refractivity contribution >= 4 is 43.9 Å². The van der Waals surface area contributed by atoms with Crippen LogP contribution in [0.15, 0.2) is 95.5 Å². The van der Waals surface area contributed by atoms with E-state index in [2.05, 4.69) is 105 Å². The van der Waals surface area contributed by atoms with E-state index in [1.54, 1.807) is 0 Å². The predicted molar refractivity (Wildman–Crippen MR) is 157 cm³/mol. The van der Waals surface area contributed by atoms with Crippen LogP contribution in [0.4, 0.5) is 0 Å². The average molecular weight is 496 g/mol. The van der Waals surface area contributed by atoms with Gasteiger partial charge in [-0.05, 0) is 35.1 Å². The fraction of sp³-hybridized carbons (Fsp3) is 0.176. The van der Waals surface area contributed by atoms with Gasteiger partial charge >= 0.3 is 0 Å². The smallest absolute Gasteiger partial charge is 0.179 e. The highest BCUT2D eigenvalue weighted by Crippen LogP contribution is 2.41. The molecule has 0 atom stereocenters. The molecule has 7 aromatic rings. The number of pyridine rings is 1. The number of furan rings is 1. The number of imidazole rings is 1. The summed E-state index contributed by atoms with van der Waals surface area (Å²) in [5.41, 5.74) is 8.24.